The second-order valence-corrected chi connectivity index (χ2v) is 6.86. The van der Waals surface area contributed by atoms with Gasteiger partial charge >= 0.3 is 0 Å². The molecule has 29 heavy (non-hydrogen) atoms. The average Bonchev–Trinajstić information content (AvgIpc) is 2.72. The van der Waals surface area contributed by atoms with Gasteiger partial charge in [-0.2, -0.15) is 0 Å². The SMILES string of the molecule is COc1cc(C)c(NC(=O)c2ccc(=O)n(Cc3ccccc3Cl)c2)cc1OC. The van der Waals surface area contributed by atoms with Crippen molar-refractivity contribution in [1.82, 2.24) is 4.57 Å². The highest BCUT2D eigenvalue weighted by atomic mass is 35.5. The van der Waals surface area contributed by atoms with Crippen LogP contribution in [0.5, 0.6) is 11.5 Å². The van der Waals surface area contributed by atoms with E-state index in [0.717, 1.165) is 11.1 Å². The van der Waals surface area contributed by atoms with Crippen molar-refractivity contribution in [3.05, 3.63) is 86.8 Å². The smallest absolute Gasteiger partial charge is 0.257 e. The highest BCUT2D eigenvalue weighted by Crippen LogP contribution is 2.33. The van der Waals surface area contributed by atoms with Gasteiger partial charge in [-0.05, 0) is 36.2 Å². The van der Waals surface area contributed by atoms with Gasteiger partial charge < -0.3 is 19.4 Å². The summed E-state index contributed by atoms with van der Waals surface area (Å²) in [6.45, 7) is 2.13. The molecule has 150 valence electrons. The topological polar surface area (TPSA) is 69.6 Å². The number of nitrogens with zero attached hydrogens (tertiary/aromatic N) is 1. The number of carbonyl (C=O) groups excluding carboxylic acids is 1. The summed E-state index contributed by atoms with van der Waals surface area (Å²) in [5, 5.41) is 3.42. The molecule has 0 fully saturated rings. The second kappa shape index (κ2) is 8.84. The average molecular weight is 413 g/mol. The molecule has 0 aliphatic carbocycles. The van der Waals surface area contributed by atoms with Crippen LogP contribution < -0.4 is 20.3 Å². The fourth-order valence-corrected chi connectivity index (χ4v) is 3.10. The molecule has 1 N–H and O–H groups in total. The van der Waals surface area contributed by atoms with Crippen LogP contribution in [0.4, 0.5) is 5.69 Å². The Morgan fingerprint density at radius 2 is 1.76 bits per heavy atom. The number of hydrogen-bond acceptors (Lipinski definition) is 4. The van der Waals surface area contributed by atoms with Crippen molar-refractivity contribution in [2.75, 3.05) is 19.5 Å². The first kappa shape index (κ1) is 20.5. The summed E-state index contributed by atoms with van der Waals surface area (Å²) in [4.78, 5) is 25.0. The fraction of sp³-hybridized carbons (Fsp3) is 0.182. The Morgan fingerprint density at radius 3 is 2.45 bits per heavy atom. The number of anilines is 1. The molecule has 3 aromatic rings. The predicted octanol–water partition coefficient (Wildman–Crippen LogP) is 4.13. The van der Waals surface area contributed by atoms with Crippen LogP contribution in [0.3, 0.4) is 0 Å². The van der Waals surface area contributed by atoms with Gasteiger partial charge in [0.1, 0.15) is 0 Å². The summed E-state index contributed by atoms with van der Waals surface area (Å²) in [7, 11) is 3.08. The molecule has 0 saturated carbocycles. The fourth-order valence-electron chi connectivity index (χ4n) is 2.91. The van der Waals surface area contributed by atoms with Crippen LogP contribution >= 0.6 is 11.6 Å². The molecule has 0 aliphatic heterocycles. The van der Waals surface area contributed by atoms with Crippen molar-refractivity contribution in [1.29, 1.82) is 0 Å². The largest absolute Gasteiger partial charge is 0.493 e. The van der Waals surface area contributed by atoms with Crippen LogP contribution in [0.1, 0.15) is 21.5 Å². The van der Waals surface area contributed by atoms with E-state index in [-0.39, 0.29) is 18.0 Å². The maximum Gasteiger partial charge on any atom is 0.257 e. The number of methoxy groups -OCH3 is 2. The third-order valence-corrected chi connectivity index (χ3v) is 4.89. The molecule has 2 aromatic carbocycles. The number of aromatic nitrogens is 1. The molecule has 6 nitrogen and oxygen atoms in total. The number of benzene rings is 2. The lowest BCUT2D eigenvalue weighted by Gasteiger charge is -2.14. The number of halogens is 1. The zero-order valence-electron chi connectivity index (χ0n) is 16.4. The highest BCUT2D eigenvalue weighted by molar-refractivity contribution is 6.31. The first-order valence-electron chi connectivity index (χ1n) is 8.90. The number of pyridine rings is 1. The van der Waals surface area contributed by atoms with Gasteiger partial charge in [0.05, 0.1) is 26.3 Å². The van der Waals surface area contributed by atoms with Crippen molar-refractivity contribution in [3.63, 3.8) is 0 Å². The van der Waals surface area contributed by atoms with Crippen LogP contribution in [-0.2, 0) is 6.54 Å². The highest BCUT2D eigenvalue weighted by Gasteiger charge is 2.13. The maximum atomic E-state index is 12.8. The molecule has 0 spiro atoms. The molecule has 1 amide bonds. The van der Waals surface area contributed by atoms with E-state index in [1.54, 1.807) is 25.3 Å². The summed E-state index contributed by atoms with van der Waals surface area (Å²) in [5.74, 6) is 0.751. The molecule has 1 heterocycles. The molecule has 0 unspecified atom stereocenters. The minimum atomic E-state index is -0.340. The van der Waals surface area contributed by atoms with Gasteiger partial charge in [-0.3, -0.25) is 9.59 Å². The molecule has 0 aliphatic rings. The lowest BCUT2D eigenvalue weighted by atomic mass is 10.1. The lowest BCUT2D eigenvalue weighted by molar-refractivity contribution is 0.102. The van der Waals surface area contributed by atoms with Gasteiger partial charge in [-0.15, -0.1) is 0 Å². The number of hydrogen-bond donors (Lipinski definition) is 1. The quantitative estimate of drug-likeness (QED) is 0.661. The van der Waals surface area contributed by atoms with Crippen molar-refractivity contribution in [3.8, 4) is 11.5 Å². The van der Waals surface area contributed by atoms with Gasteiger partial charge in [0.2, 0.25) is 0 Å². The number of carbonyl (C=O) groups is 1. The van der Waals surface area contributed by atoms with Gasteiger partial charge in [0.25, 0.3) is 11.5 Å². The van der Waals surface area contributed by atoms with Gasteiger partial charge in [0, 0.05) is 29.0 Å². The van der Waals surface area contributed by atoms with Crippen molar-refractivity contribution in [2.45, 2.75) is 13.5 Å². The minimum Gasteiger partial charge on any atom is -0.493 e. The molecule has 0 radical (unpaired) electrons. The van der Waals surface area contributed by atoms with E-state index in [1.165, 1.54) is 30.0 Å². The zero-order valence-corrected chi connectivity index (χ0v) is 17.1. The Balaban J connectivity index is 1.87. The molecule has 0 bridgehead atoms. The Morgan fingerprint density at radius 1 is 1.07 bits per heavy atom. The Labute approximate surface area is 173 Å². The van der Waals surface area contributed by atoms with Crippen LogP contribution in [-0.4, -0.2) is 24.7 Å². The number of aryl methyl sites for hydroxylation is 1. The van der Waals surface area contributed by atoms with Crippen molar-refractivity contribution < 1.29 is 14.3 Å². The third-order valence-electron chi connectivity index (χ3n) is 4.52. The number of rotatable bonds is 6. The molecular formula is C22H21ClN2O4. The summed E-state index contributed by atoms with van der Waals surface area (Å²) >= 11 is 6.19. The third kappa shape index (κ3) is 4.60. The lowest BCUT2D eigenvalue weighted by Crippen LogP contribution is -2.22. The van der Waals surface area contributed by atoms with E-state index >= 15 is 0 Å². The maximum absolute atomic E-state index is 12.8. The molecule has 0 atom stereocenters. The van der Waals surface area contributed by atoms with Crippen LogP contribution in [0.15, 0.2) is 59.5 Å². The summed E-state index contributed by atoms with van der Waals surface area (Å²) in [6.07, 6.45) is 1.52. The summed E-state index contributed by atoms with van der Waals surface area (Å²) in [5.41, 5.74) is 2.34. The standard InChI is InChI=1S/C22H21ClN2O4/c1-14-10-19(28-2)20(29-3)11-18(14)24-22(27)16-8-9-21(26)25(13-16)12-15-6-4-5-7-17(15)23/h4-11,13H,12H2,1-3H3,(H,24,27). The molecule has 0 saturated heterocycles. The second-order valence-electron chi connectivity index (χ2n) is 6.45. The normalized spacial score (nSPS) is 10.5. The van der Waals surface area contributed by atoms with Crippen LogP contribution in [0.25, 0.3) is 0 Å². The number of ether oxygens (including phenoxy) is 2. The van der Waals surface area contributed by atoms with E-state index in [0.29, 0.717) is 27.8 Å². The number of nitrogens with one attached hydrogen (secondary N) is 1. The Kier molecular flexibility index (Phi) is 6.24. The molecule has 7 heteroatoms. The summed E-state index contributed by atoms with van der Waals surface area (Å²) < 4.78 is 12.0. The molecule has 1 aromatic heterocycles. The molecule has 3 rings (SSSR count). The zero-order chi connectivity index (χ0) is 21.0. The van der Waals surface area contributed by atoms with E-state index in [2.05, 4.69) is 5.32 Å². The van der Waals surface area contributed by atoms with E-state index in [1.807, 2.05) is 25.1 Å². The van der Waals surface area contributed by atoms with E-state index in [9.17, 15) is 9.59 Å². The van der Waals surface area contributed by atoms with Crippen molar-refractivity contribution in [2.24, 2.45) is 0 Å². The monoisotopic (exact) mass is 412 g/mol. The minimum absolute atomic E-state index is 0.219. The molecular weight excluding hydrogens is 392 g/mol. The van der Waals surface area contributed by atoms with Gasteiger partial charge in [-0.1, -0.05) is 29.8 Å². The number of amides is 1. The van der Waals surface area contributed by atoms with Crippen LogP contribution in [0.2, 0.25) is 5.02 Å². The van der Waals surface area contributed by atoms with Crippen molar-refractivity contribution >= 4 is 23.2 Å². The van der Waals surface area contributed by atoms with Gasteiger partial charge in [0.15, 0.2) is 11.5 Å². The van der Waals surface area contributed by atoms with E-state index < -0.39 is 0 Å². The predicted molar refractivity (Wildman–Crippen MR) is 113 cm³/mol. The van der Waals surface area contributed by atoms with Gasteiger partial charge in [-0.25, -0.2) is 0 Å². The summed E-state index contributed by atoms with van der Waals surface area (Å²) in [6, 6.07) is 13.6. The first-order valence-corrected chi connectivity index (χ1v) is 9.28. The first-order chi connectivity index (χ1) is 13.9. The van der Waals surface area contributed by atoms with E-state index in [4.69, 9.17) is 21.1 Å². The van der Waals surface area contributed by atoms with Crippen LogP contribution in [0, 0.1) is 6.92 Å². The Bertz CT molecular complexity index is 1110. The Hall–Kier alpha value is -3.25.